The summed E-state index contributed by atoms with van der Waals surface area (Å²) >= 11 is 3.29. The highest BCUT2D eigenvalue weighted by Crippen LogP contribution is 2.27. The van der Waals surface area contributed by atoms with E-state index < -0.39 is 5.82 Å². The lowest BCUT2D eigenvalue weighted by atomic mass is 10.1. The van der Waals surface area contributed by atoms with Gasteiger partial charge in [-0.3, -0.25) is 9.80 Å². The van der Waals surface area contributed by atoms with Crippen LogP contribution in [0.1, 0.15) is 11.1 Å². The molecule has 6 nitrogen and oxygen atoms in total. The summed E-state index contributed by atoms with van der Waals surface area (Å²) in [5.74, 6) is -0.339. The van der Waals surface area contributed by atoms with Crippen molar-refractivity contribution in [3.63, 3.8) is 0 Å². The van der Waals surface area contributed by atoms with E-state index in [0.717, 1.165) is 10.6 Å². The van der Waals surface area contributed by atoms with Crippen molar-refractivity contribution in [1.29, 1.82) is 0 Å². The molecule has 0 aliphatic heterocycles. The smallest absolute Gasteiger partial charge is 0.236 e. The van der Waals surface area contributed by atoms with Crippen LogP contribution in [0.5, 0.6) is 5.75 Å². The van der Waals surface area contributed by atoms with Crippen LogP contribution in [0.2, 0.25) is 0 Å². The number of carbonyl (C=O) groups is 1. The third kappa shape index (κ3) is 4.99. The maximum absolute atomic E-state index is 13.9. The van der Waals surface area contributed by atoms with Crippen LogP contribution in [0.25, 0.3) is 0 Å². The van der Waals surface area contributed by atoms with Gasteiger partial charge >= 0.3 is 0 Å². The monoisotopic (exact) mass is 408 g/mol. The lowest BCUT2D eigenvalue weighted by molar-refractivity contribution is -0.107. The zero-order valence-corrected chi connectivity index (χ0v) is 15.7. The Bertz CT molecular complexity index is 783. The van der Waals surface area contributed by atoms with Gasteiger partial charge in [-0.1, -0.05) is 33.3 Å². The molecule has 0 bridgehead atoms. The molecule has 8 heteroatoms. The van der Waals surface area contributed by atoms with Crippen LogP contribution in [0.3, 0.4) is 0 Å². The molecule has 1 amide bonds. The summed E-state index contributed by atoms with van der Waals surface area (Å²) < 4.78 is 20.2. The lowest BCUT2D eigenvalue weighted by Gasteiger charge is -2.18. The molecular weight excluding hydrogens is 391 g/mol. The van der Waals surface area contributed by atoms with Gasteiger partial charge in [0.15, 0.2) is 11.6 Å². The minimum atomic E-state index is -0.460. The summed E-state index contributed by atoms with van der Waals surface area (Å²) in [6, 6.07) is 9.88. The zero-order valence-electron chi connectivity index (χ0n) is 14.1. The summed E-state index contributed by atoms with van der Waals surface area (Å²) in [5, 5.41) is 10.3. The van der Waals surface area contributed by atoms with Crippen molar-refractivity contribution in [3.8, 4) is 5.75 Å². The number of amides is 1. The Balaban J connectivity index is 2.31. The van der Waals surface area contributed by atoms with Crippen molar-refractivity contribution < 1.29 is 13.9 Å². The second kappa shape index (κ2) is 8.57. The number of nitrogens with zero attached hydrogens (tertiary/aromatic N) is 4. The fourth-order valence-corrected chi connectivity index (χ4v) is 2.42. The molecule has 0 atom stereocenters. The van der Waals surface area contributed by atoms with Gasteiger partial charge < -0.3 is 4.74 Å². The molecule has 0 heterocycles. The number of rotatable bonds is 7. The van der Waals surface area contributed by atoms with E-state index in [0.29, 0.717) is 22.1 Å². The number of carbonyl (C=O) groups excluding carboxylic acids is 1. The summed E-state index contributed by atoms with van der Waals surface area (Å²) in [5.41, 5.74) is 2.13. The fourth-order valence-electron chi connectivity index (χ4n) is 2.08. The summed E-state index contributed by atoms with van der Waals surface area (Å²) in [6.07, 6.45) is 0.560. The first-order valence-corrected chi connectivity index (χ1v) is 8.21. The minimum Gasteiger partial charge on any atom is -0.486 e. The van der Waals surface area contributed by atoms with Crippen molar-refractivity contribution >= 4 is 28.0 Å². The second-order valence-corrected chi connectivity index (χ2v) is 6.33. The topological polar surface area (TPSA) is 57.5 Å². The quantitative estimate of drug-likeness (QED) is 0.390. The van der Waals surface area contributed by atoms with E-state index in [1.54, 1.807) is 38.4 Å². The van der Waals surface area contributed by atoms with Crippen LogP contribution >= 0.6 is 15.9 Å². The molecule has 0 fully saturated rings. The average molecular weight is 409 g/mol. The van der Waals surface area contributed by atoms with Gasteiger partial charge in [0.1, 0.15) is 6.61 Å². The van der Waals surface area contributed by atoms with E-state index in [-0.39, 0.29) is 12.4 Å². The molecule has 2 rings (SSSR count). The van der Waals surface area contributed by atoms with Crippen molar-refractivity contribution in [2.45, 2.75) is 13.5 Å². The van der Waals surface area contributed by atoms with Gasteiger partial charge in [-0.15, -0.1) is 0 Å². The Labute approximate surface area is 154 Å². The highest BCUT2D eigenvalue weighted by atomic mass is 79.9. The van der Waals surface area contributed by atoms with Gasteiger partial charge in [0.25, 0.3) is 0 Å². The maximum atomic E-state index is 13.9. The third-order valence-electron chi connectivity index (χ3n) is 3.31. The average Bonchev–Trinajstić information content (AvgIpc) is 2.57. The van der Waals surface area contributed by atoms with Gasteiger partial charge in [0.05, 0.1) is 5.69 Å². The van der Waals surface area contributed by atoms with Gasteiger partial charge in [-0.05, 0) is 42.0 Å². The molecule has 25 heavy (non-hydrogen) atoms. The Morgan fingerprint density at radius 3 is 2.68 bits per heavy atom. The Morgan fingerprint density at radius 2 is 2.00 bits per heavy atom. The Morgan fingerprint density at radius 1 is 1.24 bits per heavy atom. The van der Waals surface area contributed by atoms with Crippen LogP contribution in [0, 0.1) is 12.7 Å². The van der Waals surface area contributed by atoms with Crippen LogP contribution in [-0.4, -0.2) is 25.5 Å². The normalized spacial score (nSPS) is 10.8. The van der Waals surface area contributed by atoms with Crippen molar-refractivity contribution in [1.82, 2.24) is 5.01 Å². The summed E-state index contributed by atoms with van der Waals surface area (Å²) in [6.45, 7) is 1.96. The summed E-state index contributed by atoms with van der Waals surface area (Å²) in [7, 11) is 3.39. The molecule has 0 saturated carbocycles. The van der Waals surface area contributed by atoms with E-state index in [1.807, 2.05) is 13.0 Å². The molecule has 132 valence electrons. The Kier molecular flexibility index (Phi) is 6.46. The standard InChI is InChI=1S/C17H18BrFN4O2/c1-12-5-4-6-16(23(11-24)21-20-22(2)3)14(12)10-25-17-9-13(18)7-8-15(17)19/h4-9,11H,10H2,1-3H3/b21-20-. The number of aryl methyl sites for hydroxylation is 1. The van der Waals surface area contributed by atoms with Crippen molar-refractivity contribution in [2.24, 2.45) is 10.4 Å². The van der Waals surface area contributed by atoms with Crippen LogP contribution in [-0.2, 0) is 11.4 Å². The van der Waals surface area contributed by atoms with Gasteiger partial charge in [0, 0.05) is 24.1 Å². The molecule has 0 aromatic heterocycles. The number of ether oxygens (including phenoxy) is 1. The Hall–Kier alpha value is -2.48. The number of anilines is 1. The third-order valence-corrected chi connectivity index (χ3v) is 3.81. The summed E-state index contributed by atoms with van der Waals surface area (Å²) in [4.78, 5) is 11.4. The predicted molar refractivity (Wildman–Crippen MR) is 96.7 cm³/mol. The first-order valence-electron chi connectivity index (χ1n) is 7.42. The molecule has 0 radical (unpaired) electrons. The largest absolute Gasteiger partial charge is 0.486 e. The van der Waals surface area contributed by atoms with Crippen molar-refractivity contribution in [2.75, 3.05) is 19.1 Å². The van der Waals surface area contributed by atoms with Gasteiger partial charge in [-0.2, -0.15) is 5.01 Å². The minimum absolute atomic E-state index is 0.0806. The highest BCUT2D eigenvalue weighted by molar-refractivity contribution is 9.10. The number of hydrogen-bond acceptors (Lipinski definition) is 4. The first-order chi connectivity index (χ1) is 11.9. The van der Waals surface area contributed by atoms with E-state index in [2.05, 4.69) is 26.4 Å². The highest BCUT2D eigenvalue weighted by Gasteiger charge is 2.14. The maximum Gasteiger partial charge on any atom is 0.236 e. The zero-order chi connectivity index (χ0) is 18.4. The molecule has 2 aromatic rings. The number of benzene rings is 2. The van der Waals surface area contributed by atoms with Crippen molar-refractivity contribution in [3.05, 3.63) is 57.8 Å². The predicted octanol–water partition coefficient (Wildman–Crippen LogP) is 4.28. The van der Waals surface area contributed by atoms with Gasteiger partial charge in [0.2, 0.25) is 6.41 Å². The van der Waals surface area contributed by atoms with E-state index in [4.69, 9.17) is 4.74 Å². The van der Waals surface area contributed by atoms with Gasteiger partial charge in [-0.25, -0.2) is 4.39 Å². The van der Waals surface area contributed by atoms with E-state index in [1.165, 1.54) is 11.1 Å². The molecule has 0 spiro atoms. The SMILES string of the molecule is Cc1cccc(N(C=O)/N=N\N(C)C)c1COc1cc(Br)ccc1F. The first kappa shape index (κ1) is 18.9. The molecule has 0 unspecified atom stereocenters. The van der Waals surface area contributed by atoms with Crippen LogP contribution < -0.4 is 9.75 Å². The molecule has 2 aromatic carbocycles. The van der Waals surface area contributed by atoms with Crippen LogP contribution in [0.4, 0.5) is 10.1 Å². The number of hydrogen-bond donors (Lipinski definition) is 0. The molecule has 0 aliphatic rings. The molecule has 0 saturated heterocycles. The second-order valence-electron chi connectivity index (χ2n) is 5.41. The molecule has 0 N–H and O–H groups in total. The van der Waals surface area contributed by atoms with E-state index >= 15 is 0 Å². The number of halogens is 2. The van der Waals surface area contributed by atoms with Crippen LogP contribution in [0.15, 0.2) is 51.3 Å². The lowest BCUT2D eigenvalue weighted by Crippen LogP contribution is -2.17. The molecular formula is C17H18BrFN4O2. The molecule has 0 aliphatic carbocycles. The van der Waals surface area contributed by atoms with E-state index in [9.17, 15) is 9.18 Å². The fraction of sp³-hybridized carbons (Fsp3) is 0.235.